The molecule has 0 aliphatic carbocycles. The second kappa shape index (κ2) is 7.81. The lowest BCUT2D eigenvalue weighted by molar-refractivity contribution is 0.527. The van der Waals surface area contributed by atoms with Gasteiger partial charge in [-0.05, 0) is 38.7 Å². The lowest BCUT2D eigenvalue weighted by Gasteiger charge is -2.18. The van der Waals surface area contributed by atoms with Crippen LogP contribution in [0.4, 0.5) is 11.6 Å². The molecule has 2 N–H and O–H groups in total. The summed E-state index contributed by atoms with van der Waals surface area (Å²) in [7, 11) is 0. The Morgan fingerprint density at radius 1 is 1.11 bits per heavy atom. The summed E-state index contributed by atoms with van der Waals surface area (Å²) < 4.78 is 0. The quantitative estimate of drug-likeness (QED) is 0.739. The Labute approximate surface area is 126 Å². The van der Waals surface area contributed by atoms with Crippen molar-refractivity contribution in [3.63, 3.8) is 0 Å². The SMILES string of the molecule is CCNc1nc(NC(C)CCC(C)C)c(Cl)cc1Cl. The Morgan fingerprint density at radius 3 is 2.32 bits per heavy atom. The molecule has 0 saturated carbocycles. The second-order valence-corrected chi connectivity index (χ2v) is 6.01. The van der Waals surface area contributed by atoms with Crippen molar-refractivity contribution < 1.29 is 0 Å². The molecular weight excluding hydrogens is 281 g/mol. The molecule has 1 aromatic rings. The van der Waals surface area contributed by atoms with Crippen LogP contribution in [0.2, 0.25) is 10.0 Å². The molecule has 0 amide bonds. The summed E-state index contributed by atoms with van der Waals surface area (Å²) in [5.41, 5.74) is 0. The number of rotatable bonds is 7. The zero-order valence-corrected chi connectivity index (χ0v) is 13.6. The van der Waals surface area contributed by atoms with Crippen molar-refractivity contribution in [2.24, 2.45) is 5.92 Å². The van der Waals surface area contributed by atoms with Crippen LogP contribution in [0.3, 0.4) is 0 Å². The van der Waals surface area contributed by atoms with Crippen molar-refractivity contribution in [1.29, 1.82) is 0 Å². The summed E-state index contributed by atoms with van der Waals surface area (Å²) >= 11 is 12.3. The maximum Gasteiger partial charge on any atom is 0.147 e. The van der Waals surface area contributed by atoms with E-state index in [0.717, 1.165) is 13.0 Å². The first-order valence-electron chi connectivity index (χ1n) is 6.80. The van der Waals surface area contributed by atoms with Crippen molar-refractivity contribution in [3.8, 4) is 0 Å². The Hall–Kier alpha value is -0.670. The van der Waals surface area contributed by atoms with Crippen LogP contribution in [0.25, 0.3) is 0 Å². The van der Waals surface area contributed by atoms with Gasteiger partial charge >= 0.3 is 0 Å². The van der Waals surface area contributed by atoms with Crippen molar-refractivity contribution in [2.45, 2.75) is 46.6 Å². The molecule has 1 aromatic heterocycles. The average molecular weight is 304 g/mol. The minimum absolute atomic E-state index is 0.336. The van der Waals surface area contributed by atoms with E-state index >= 15 is 0 Å². The molecule has 0 spiro atoms. The molecule has 1 unspecified atom stereocenters. The smallest absolute Gasteiger partial charge is 0.147 e. The standard InChI is InChI=1S/C14H23Cl2N3/c1-5-17-13-11(15)8-12(16)14(19-13)18-10(4)7-6-9(2)3/h8-10H,5-7H2,1-4H3,(H2,17,18,19). The molecule has 19 heavy (non-hydrogen) atoms. The van der Waals surface area contributed by atoms with Gasteiger partial charge in [-0.3, -0.25) is 0 Å². The molecule has 0 fully saturated rings. The van der Waals surface area contributed by atoms with Gasteiger partial charge in [-0.15, -0.1) is 0 Å². The Kier molecular flexibility index (Phi) is 6.73. The average Bonchev–Trinajstić information content (AvgIpc) is 2.33. The predicted molar refractivity (Wildman–Crippen MR) is 85.6 cm³/mol. The van der Waals surface area contributed by atoms with Crippen LogP contribution in [-0.4, -0.2) is 17.6 Å². The molecule has 1 rings (SSSR count). The van der Waals surface area contributed by atoms with Crippen LogP contribution in [0, 0.1) is 5.92 Å². The zero-order valence-electron chi connectivity index (χ0n) is 12.1. The number of aromatic nitrogens is 1. The summed E-state index contributed by atoms with van der Waals surface area (Å²) in [5, 5.41) is 7.58. The highest BCUT2D eigenvalue weighted by atomic mass is 35.5. The summed E-state index contributed by atoms with van der Waals surface area (Å²) in [5.74, 6) is 2.07. The number of anilines is 2. The Morgan fingerprint density at radius 2 is 1.74 bits per heavy atom. The van der Waals surface area contributed by atoms with E-state index in [9.17, 15) is 0 Å². The summed E-state index contributed by atoms with van der Waals surface area (Å²) in [4.78, 5) is 4.44. The third-order valence-corrected chi connectivity index (χ3v) is 3.41. The first kappa shape index (κ1) is 16.4. The van der Waals surface area contributed by atoms with Gasteiger partial charge in [0.1, 0.15) is 11.6 Å². The largest absolute Gasteiger partial charge is 0.369 e. The fourth-order valence-corrected chi connectivity index (χ4v) is 2.23. The number of hydrogen-bond donors (Lipinski definition) is 2. The normalized spacial score (nSPS) is 12.6. The van der Waals surface area contributed by atoms with Gasteiger partial charge in [0.05, 0.1) is 10.0 Å². The number of hydrogen-bond acceptors (Lipinski definition) is 3. The van der Waals surface area contributed by atoms with Crippen LogP contribution >= 0.6 is 23.2 Å². The summed E-state index contributed by atoms with van der Waals surface area (Å²) in [6.07, 6.45) is 2.27. The highest BCUT2D eigenvalue weighted by Gasteiger charge is 2.11. The highest BCUT2D eigenvalue weighted by molar-refractivity contribution is 6.37. The van der Waals surface area contributed by atoms with Gasteiger partial charge in [0.15, 0.2) is 0 Å². The molecular formula is C14H23Cl2N3. The van der Waals surface area contributed by atoms with E-state index in [-0.39, 0.29) is 0 Å². The Bertz CT molecular complexity index is 408. The highest BCUT2D eigenvalue weighted by Crippen LogP contribution is 2.29. The van der Waals surface area contributed by atoms with E-state index in [0.29, 0.717) is 33.6 Å². The molecule has 0 saturated heterocycles. The number of halogens is 2. The van der Waals surface area contributed by atoms with Crippen LogP contribution in [-0.2, 0) is 0 Å². The maximum absolute atomic E-state index is 6.17. The van der Waals surface area contributed by atoms with Crippen molar-refractivity contribution in [1.82, 2.24) is 4.98 Å². The topological polar surface area (TPSA) is 37.0 Å². The molecule has 0 aliphatic heterocycles. The molecule has 1 atom stereocenters. The maximum atomic E-state index is 6.17. The van der Waals surface area contributed by atoms with Crippen molar-refractivity contribution in [2.75, 3.05) is 17.2 Å². The van der Waals surface area contributed by atoms with Gasteiger partial charge in [-0.25, -0.2) is 4.98 Å². The van der Waals surface area contributed by atoms with E-state index in [1.54, 1.807) is 6.07 Å². The number of pyridine rings is 1. The third-order valence-electron chi connectivity index (χ3n) is 2.83. The van der Waals surface area contributed by atoms with Crippen LogP contribution < -0.4 is 10.6 Å². The van der Waals surface area contributed by atoms with Gasteiger partial charge in [0.2, 0.25) is 0 Å². The predicted octanol–water partition coefficient (Wildman–Crippen LogP) is 5.06. The fraction of sp³-hybridized carbons (Fsp3) is 0.643. The van der Waals surface area contributed by atoms with Gasteiger partial charge in [-0.2, -0.15) is 0 Å². The summed E-state index contributed by atoms with van der Waals surface area (Å²) in [6.45, 7) is 9.37. The third kappa shape index (κ3) is 5.45. The van der Waals surface area contributed by atoms with Gasteiger partial charge < -0.3 is 10.6 Å². The number of nitrogens with one attached hydrogen (secondary N) is 2. The second-order valence-electron chi connectivity index (χ2n) is 5.20. The van der Waals surface area contributed by atoms with Crippen LogP contribution in [0.1, 0.15) is 40.5 Å². The van der Waals surface area contributed by atoms with Gasteiger partial charge in [0.25, 0.3) is 0 Å². The van der Waals surface area contributed by atoms with E-state index in [1.165, 1.54) is 6.42 Å². The molecule has 5 heteroatoms. The van der Waals surface area contributed by atoms with E-state index < -0.39 is 0 Å². The molecule has 0 aromatic carbocycles. The lowest BCUT2D eigenvalue weighted by Crippen LogP contribution is -2.17. The van der Waals surface area contributed by atoms with E-state index in [2.05, 4.69) is 36.4 Å². The van der Waals surface area contributed by atoms with E-state index in [4.69, 9.17) is 23.2 Å². The minimum Gasteiger partial charge on any atom is -0.369 e. The summed E-state index contributed by atoms with van der Waals surface area (Å²) in [6, 6.07) is 2.06. The molecule has 0 radical (unpaired) electrons. The zero-order chi connectivity index (χ0) is 14.4. The minimum atomic E-state index is 0.336. The van der Waals surface area contributed by atoms with Gasteiger partial charge in [0, 0.05) is 12.6 Å². The first-order valence-corrected chi connectivity index (χ1v) is 7.56. The van der Waals surface area contributed by atoms with Crippen molar-refractivity contribution >= 4 is 34.8 Å². The molecule has 3 nitrogen and oxygen atoms in total. The molecule has 1 heterocycles. The molecule has 0 aliphatic rings. The first-order chi connectivity index (χ1) is 8.93. The fourth-order valence-electron chi connectivity index (χ4n) is 1.75. The lowest BCUT2D eigenvalue weighted by atomic mass is 10.0. The number of nitrogens with zero attached hydrogens (tertiary/aromatic N) is 1. The van der Waals surface area contributed by atoms with Crippen LogP contribution in [0.15, 0.2) is 6.07 Å². The van der Waals surface area contributed by atoms with Gasteiger partial charge in [-0.1, -0.05) is 37.0 Å². The van der Waals surface area contributed by atoms with Crippen molar-refractivity contribution in [3.05, 3.63) is 16.1 Å². The van der Waals surface area contributed by atoms with E-state index in [1.807, 2.05) is 6.92 Å². The molecule has 108 valence electrons. The monoisotopic (exact) mass is 303 g/mol. The molecule has 0 bridgehead atoms. The Balaban J connectivity index is 2.74. The van der Waals surface area contributed by atoms with Crippen LogP contribution in [0.5, 0.6) is 0 Å².